The number of halogens is 2. The van der Waals surface area contributed by atoms with E-state index in [4.69, 9.17) is 23.2 Å². The highest BCUT2D eigenvalue weighted by molar-refractivity contribution is 6.33. The minimum absolute atomic E-state index is 0.419. The maximum absolute atomic E-state index is 6.29. The van der Waals surface area contributed by atoms with Gasteiger partial charge >= 0.3 is 0 Å². The molecule has 0 spiro atoms. The average Bonchev–Trinajstić information content (AvgIpc) is 3.10. The molecule has 0 aliphatic heterocycles. The molecule has 0 radical (unpaired) electrons. The normalized spacial score (nSPS) is 15.4. The van der Waals surface area contributed by atoms with E-state index in [2.05, 4.69) is 23.7 Å². The van der Waals surface area contributed by atoms with Gasteiger partial charge in [0.05, 0.1) is 5.02 Å². The molecule has 1 fully saturated rings. The molecule has 1 heterocycles. The number of hydrogen-bond donors (Lipinski definition) is 0. The van der Waals surface area contributed by atoms with Gasteiger partial charge in [-0.1, -0.05) is 11.6 Å². The molecular weight excluding hydrogens is 255 g/mol. The Labute approximate surface area is 113 Å². The first-order valence-corrected chi connectivity index (χ1v) is 7.00. The van der Waals surface area contributed by atoms with Gasteiger partial charge in [-0.3, -0.25) is 0 Å². The lowest BCUT2D eigenvalue weighted by Crippen LogP contribution is -2.33. The van der Waals surface area contributed by atoms with Crippen molar-refractivity contribution in [2.75, 3.05) is 11.4 Å². The van der Waals surface area contributed by atoms with E-state index in [1.54, 1.807) is 0 Å². The lowest BCUT2D eigenvalue weighted by Gasteiger charge is -2.28. The third-order valence-corrected chi connectivity index (χ3v) is 3.67. The fourth-order valence-corrected chi connectivity index (χ4v) is 2.32. The van der Waals surface area contributed by atoms with E-state index in [1.807, 2.05) is 12.3 Å². The van der Waals surface area contributed by atoms with Gasteiger partial charge in [0.15, 0.2) is 0 Å². The van der Waals surface area contributed by atoms with Crippen molar-refractivity contribution in [1.29, 1.82) is 0 Å². The van der Waals surface area contributed by atoms with Crippen LogP contribution in [0.4, 0.5) is 5.82 Å². The molecule has 1 aromatic rings. The summed E-state index contributed by atoms with van der Waals surface area (Å²) in [5.74, 6) is 2.17. The smallest absolute Gasteiger partial charge is 0.147 e. The van der Waals surface area contributed by atoms with Crippen molar-refractivity contribution in [3.05, 3.63) is 22.8 Å². The zero-order valence-electron chi connectivity index (χ0n) is 10.3. The predicted molar refractivity (Wildman–Crippen MR) is 74.0 cm³/mol. The maximum Gasteiger partial charge on any atom is 0.147 e. The fourth-order valence-electron chi connectivity index (χ4n) is 1.88. The molecule has 1 saturated carbocycles. The number of nitrogens with zero attached hydrogens (tertiary/aromatic N) is 2. The number of rotatable bonds is 5. The molecule has 0 amide bonds. The fraction of sp³-hybridized carbons (Fsp3) is 0.615. The number of hydrogen-bond acceptors (Lipinski definition) is 2. The first-order valence-electron chi connectivity index (χ1n) is 6.09. The van der Waals surface area contributed by atoms with Crippen LogP contribution in [-0.2, 0) is 5.88 Å². The van der Waals surface area contributed by atoms with Crippen molar-refractivity contribution >= 4 is 29.0 Å². The average molecular weight is 273 g/mol. The van der Waals surface area contributed by atoms with E-state index >= 15 is 0 Å². The summed E-state index contributed by atoms with van der Waals surface area (Å²) in [6, 6.07) is 2.33. The lowest BCUT2D eigenvalue weighted by molar-refractivity contribution is 0.636. The van der Waals surface area contributed by atoms with Gasteiger partial charge in [-0.2, -0.15) is 0 Å². The first-order chi connectivity index (χ1) is 8.11. The van der Waals surface area contributed by atoms with Gasteiger partial charge in [-0.15, -0.1) is 11.6 Å². The molecule has 94 valence electrons. The molecule has 0 saturated heterocycles. The van der Waals surface area contributed by atoms with E-state index < -0.39 is 0 Å². The van der Waals surface area contributed by atoms with Crippen LogP contribution in [0.1, 0.15) is 32.3 Å². The van der Waals surface area contributed by atoms with Crippen LogP contribution in [-0.4, -0.2) is 17.6 Å². The van der Waals surface area contributed by atoms with Crippen LogP contribution < -0.4 is 4.90 Å². The highest BCUT2D eigenvalue weighted by Gasteiger charge is 2.27. The summed E-state index contributed by atoms with van der Waals surface area (Å²) in [5, 5.41) is 0.706. The molecule has 17 heavy (non-hydrogen) atoms. The summed E-state index contributed by atoms with van der Waals surface area (Å²) in [5.41, 5.74) is 0.968. The minimum atomic E-state index is 0.419. The van der Waals surface area contributed by atoms with Crippen molar-refractivity contribution < 1.29 is 0 Å². The standard InChI is InChI=1S/C13H18Cl2N2/c1-9(2)17(8-10-3-4-10)13-12(15)5-11(6-14)7-16-13/h5,7,9-10H,3-4,6,8H2,1-2H3. The molecule has 1 aliphatic carbocycles. The van der Waals surface area contributed by atoms with Crippen molar-refractivity contribution in [3.63, 3.8) is 0 Å². The summed E-state index contributed by atoms with van der Waals surface area (Å²) in [6.45, 7) is 5.41. The molecule has 2 rings (SSSR count). The molecule has 0 N–H and O–H groups in total. The third-order valence-electron chi connectivity index (χ3n) is 3.08. The Morgan fingerprint density at radius 3 is 2.65 bits per heavy atom. The summed E-state index contributed by atoms with van der Waals surface area (Å²) in [4.78, 5) is 6.75. The second kappa shape index (κ2) is 5.45. The van der Waals surface area contributed by atoms with E-state index in [9.17, 15) is 0 Å². The first kappa shape index (κ1) is 13.0. The maximum atomic E-state index is 6.29. The predicted octanol–water partition coefficient (Wildman–Crippen LogP) is 4.10. The molecule has 0 atom stereocenters. The van der Waals surface area contributed by atoms with E-state index in [1.165, 1.54) is 12.8 Å². The zero-order valence-corrected chi connectivity index (χ0v) is 11.8. The summed E-state index contributed by atoms with van der Waals surface area (Å²) < 4.78 is 0. The van der Waals surface area contributed by atoms with Gasteiger partial charge in [-0.05, 0) is 44.2 Å². The number of alkyl halides is 1. The van der Waals surface area contributed by atoms with Gasteiger partial charge in [0.25, 0.3) is 0 Å². The van der Waals surface area contributed by atoms with Crippen LogP contribution in [0.15, 0.2) is 12.3 Å². The number of anilines is 1. The van der Waals surface area contributed by atoms with Gasteiger partial charge in [0, 0.05) is 24.7 Å². The quantitative estimate of drug-likeness (QED) is 0.751. The summed E-state index contributed by atoms with van der Waals surface area (Å²) in [6.07, 6.45) is 4.48. The molecule has 0 bridgehead atoms. The highest BCUT2D eigenvalue weighted by Crippen LogP contribution is 2.34. The molecule has 4 heteroatoms. The van der Waals surface area contributed by atoms with E-state index in [-0.39, 0.29) is 0 Å². The third kappa shape index (κ3) is 3.26. The molecule has 0 aromatic carbocycles. The second-order valence-corrected chi connectivity index (χ2v) is 5.65. The topological polar surface area (TPSA) is 16.1 Å². The monoisotopic (exact) mass is 272 g/mol. The molecule has 0 unspecified atom stereocenters. The van der Waals surface area contributed by atoms with Crippen molar-refractivity contribution in [3.8, 4) is 0 Å². The largest absolute Gasteiger partial charge is 0.353 e. The van der Waals surface area contributed by atoms with Crippen molar-refractivity contribution in [2.24, 2.45) is 5.92 Å². The van der Waals surface area contributed by atoms with E-state index in [0.717, 1.165) is 23.8 Å². The van der Waals surface area contributed by atoms with Crippen LogP contribution in [0.25, 0.3) is 0 Å². The van der Waals surface area contributed by atoms with Gasteiger partial charge in [0.1, 0.15) is 5.82 Å². The molecule has 1 aliphatic rings. The Kier molecular flexibility index (Phi) is 4.16. The Bertz CT molecular complexity index is 389. The summed E-state index contributed by atoms with van der Waals surface area (Å²) >= 11 is 12.1. The Morgan fingerprint density at radius 2 is 2.18 bits per heavy atom. The molecule has 2 nitrogen and oxygen atoms in total. The van der Waals surface area contributed by atoms with Crippen molar-refractivity contribution in [2.45, 2.75) is 38.6 Å². The Morgan fingerprint density at radius 1 is 1.47 bits per heavy atom. The van der Waals surface area contributed by atoms with E-state index in [0.29, 0.717) is 16.9 Å². The minimum Gasteiger partial charge on any atom is -0.353 e. The summed E-state index contributed by atoms with van der Waals surface area (Å²) in [7, 11) is 0. The van der Waals surface area contributed by atoms with Gasteiger partial charge < -0.3 is 4.90 Å². The van der Waals surface area contributed by atoms with Crippen LogP contribution in [0, 0.1) is 5.92 Å². The Balaban J connectivity index is 2.21. The SMILES string of the molecule is CC(C)N(CC1CC1)c1ncc(CCl)cc1Cl. The Hall–Kier alpha value is -0.470. The molecular formula is C13H18Cl2N2. The van der Waals surface area contributed by atoms with Crippen molar-refractivity contribution in [1.82, 2.24) is 4.98 Å². The lowest BCUT2D eigenvalue weighted by atomic mass is 10.2. The van der Waals surface area contributed by atoms with Gasteiger partial charge in [-0.25, -0.2) is 4.98 Å². The van der Waals surface area contributed by atoms with Crippen LogP contribution in [0.5, 0.6) is 0 Å². The van der Waals surface area contributed by atoms with Crippen LogP contribution >= 0.6 is 23.2 Å². The molecule has 1 aromatic heterocycles. The van der Waals surface area contributed by atoms with Gasteiger partial charge in [0.2, 0.25) is 0 Å². The second-order valence-electron chi connectivity index (χ2n) is 4.97. The highest BCUT2D eigenvalue weighted by atomic mass is 35.5. The number of aromatic nitrogens is 1. The van der Waals surface area contributed by atoms with Crippen LogP contribution in [0.3, 0.4) is 0 Å². The zero-order chi connectivity index (χ0) is 12.4. The number of pyridine rings is 1. The van der Waals surface area contributed by atoms with Crippen LogP contribution in [0.2, 0.25) is 5.02 Å².